The van der Waals surface area contributed by atoms with Crippen LogP contribution in [-0.2, 0) is 16.1 Å². The molecular formula is C14H21NO2. The summed E-state index contributed by atoms with van der Waals surface area (Å²) in [7, 11) is 0. The van der Waals surface area contributed by atoms with E-state index in [0.717, 1.165) is 13.0 Å². The minimum Gasteiger partial charge on any atom is -0.377 e. The van der Waals surface area contributed by atoms with Gasteiger partial charge in [0.25, 0.3) is 0 Å². The number of carbonyl (C=O) groups excluding carboxylic acids is 1. The minimum absolute atomic E-state index is 0.259. The van der Waals surface area contributed by atoms with Gasteiger partial charge in [0, 0.05) is 13.0 Å². The number of carbonyl (C=O) groups is 1. The summed E-state index contributed by atoms with van der Waals surface area (Å²) in [4.78, 5) is 11.3. The summed E-state index contributed by atoms with van der Waals surface area (Å²) in [6.07, 6.45) is 1.40. The highest BCUT2D eigenvalue weighted by Crippen LogP contribution is 2.01. The molecule has 0 bridgehead atoms. The predicted molar refractivity (Wildman–Crippen MR) is 68.9 cm³/mol. The number of hydrogen-bond acceptors (Lipinski definition) is 3. The Kier molecular flexibility index (Phi) is 7.27. The van der Waals surface area contributed by atoms with Crippen LogP contribution in [0.5, 0.6) is 0 Å². The van der Waals surface area contributed by atoms with Gasteiger partial charge in [-0.1, -0.05) is 37.3 Å². The van der Waals surface area contributed by atoms with Gasteiger partial charge in [0.1, 0.15) is 5.78 Å². The Hall–Kier alpha value is -1.19. The molecule has 0 atom stereocenters. The summed E-state index contributed by atoms with van der Waals surface area (Å²) in [5, 5.41) is 3.02. The van der Waals surface area contributed by atoms with Crippen LogP contribution in [0.1, 0.15) is 25.3 Å². The molecule has 0 heterocycles. The third-order valence-electron chi connectivity index (χ3n) is 2.43. The maximum atomic E-state index is 11.3. The molecule has 0 saturated heterocycles. The zero-order valence-electron chi connectivity index (χ0n) is 10.4. The molecule has 3 nitrogen and oxygen atoms in total. The quantitative estimate of drug-likeness (QED) is 0.667. The molecule has 0 saturated carbocycles. The molecule has 0 spiro atoms. The zero-order valence-corrected chi connectivity index (χ0v) is 10.4. The van der Waals surface area contributed by atoms with Crippen molar-refractivity contribution in [2.45, 2.75) is 26.4 Å². The molecular weight excluding hydrogens is 214 g/mol. The number of rotatable bonds is 9. The van der Waals surface area contributed by atoms with Crippen molar-refractivity contribution >= 4 is 5.78 Å². The van der Waals surface area contributed by atoms with Gasteiger partial charge in [0.2, 0.25) is 0 Å². The van der Waals surface area contributed by atoms with Gasteiger partial charge < -0.3 is 10.1 Å². The average molecular weight is 235 g/mol. The first-order valence-corrected chi connectivity index (χ1v) is 6.17. The van der Waals surface area contributed by atoms with Gasteiger partial charge in [-0.15, -0.1) is 0 Å². The molecule has 0 aromatic heterocycles. The second kappa shape index (κ2) is 8.90. The topological polar surface area (TPSA) is 38.3 Å². The van der Waals surface area contributed by atoms with E-state index in [4.69, 9.17) is 4.74 Å². The molecule has 1 rings (SSSR count). The van der Waals surface area contributed by atoms with Gasteiger partial charge in [-0.25, -0.2) is 0 Å². The first-order chi connectivity index (χ1) is 8.33. The molecule has 1 N–H and O–H groups in total. The Morgan fingerprint density at radius 2 is 2.06 bits per heavy atom. The van der Waals surface area contributed by atoms with Crippen molar-refractivity contribution in [1.82, 2.24) is 5.32 Å². The minimum atomic E-state index is 0.259. The predicted octanol–water partition coefficient (Wildman–Crippen LogP) is 2.16. The third kappa shape index (κ3) is 6.87. The SMILES string of the molecule is CCNCC(=O)CCCOCc1ccccc1. The first-order valence-electron chi connectivity index (χ1n) is 6.17. The van der Waals surface area contributed by atoms with Gasteiger partial charge in [-0.05, 0) is 18.5 Å². The van der Waals surface area contributed by atoms with Gasteiger partial charge in [0.05, 0.1) is 13.2 Å². The Balaban J connectivity index is 1.99. The fourth-order valence-electron chi connectivity index (χ4n) is 1.49. The van der Waals surface area contributed by atoms with E-state index in [0.29, 0.717) is 26.2 Å². The molecule has 0 amide bonds. The van der Waals surface area contributed by atoms with Crippen molar-refractivity contribution in [2.24, 2.45) is 0 Å². The molecule has 0 radical (unpaired) electrons. The van der Waals surface area contributed by atoms with E-state index in [1.165, 1.54) is 5.56 Å². The van der Waals surface area contributed by atoms with Crippen LogP contribution in [0.25, 0.3) is 0 Å². The molecule has 0 aliphatic rings. The lowest BCUT2D eigenvalue weighted by Crippen LogP contribution is -2.22. The number of benzene rings is 1. The summed E-state index contributed by atoms with van der Waals surface area (Å²) in [6, 6.07) is 10.1. The van der Waals surface area contributed by atoms with Gasteiger partial charge in [-0.3, -0.25) is 4.79 Å². The molecule has 0 aliphatic heterocycles. The monoisotopic (exact) mass is 235 g/mol. The number of ketones is 1. The van der Waals surface area contributed by atoms with Gasteiger partial charge in [-0.2, -0.15) is 0 Å². The standard InChI is InChI=1S/C14H21NO2/c1-2-15-11-14(16)9-6-10-17-12-13-7-4-3-5-8-13/h3-5,7-8,15H,2,6,9-12H2,1H3. The van der Waals surface area contributed by atoms with Crippen LogP contribution >= 0.6 is 0 Å². The van der Waals surface area contributed by atoms with E-state index in [1.807, 2.05) is 37.3 Å². The Morgan fingerprint density at radius 3 is 2.76 bits per heavy atom. The van der Waals surface area contributed by atoms with Crippen molar-refractivity contribution in [3.63, 3.8) is 0 Å². The number of hydrogen-bond donors (Lipinski definition) is 1. The van der Waals surface area contributed by atoms with Crippen LogP contribution in [0, 0.1) is 0 Å². The molecule has 0 aliphatic carbocycles. The summed E-state index contributed by atoms with van der Waals surface area (Å²) in [5.41, 5.74) is 1.17. The molecule has 0 unspecified atom stereocenters. The second-order valence-electron chi connectivity index (χ2n) is 3.96. The first kappa shape index (κ1) is 13.9. The van der Waals surface area contributed by atoms with E-state index in [2.05, 4.69) is 5.32 Å². The molecule has 94 valence electrons. The molecule has 17 heavy (non-hydrogen) atoms. The van der Waals surface area contributed by atoms with Crippen molar-refractivity contribution < 1.29 is 9.53 Å². The van der Waals surface area contributed by atoms with Gasteiger partial charge >= 0.3 is 0 Å². The maximum Gasteiger partial charge on any atom is 0.146 e. The van der Waals surface area contributed by atoms with E-state index in [9.17, 15) is 4.79 Å². The van der Waals surface area contributed by atoms with Crippen LogP contribution < -0.4 is 5.32 Å². The molecule has 0 fully saturated rings. The summed E-state index contributed by atoms with van der Waals surface area (Å²) >= 11 is 0. The van der Waals surface area contributed by atoms with E-state index < -0.39 is 0 Å². The van der Waals surface area contributed by atoms with Crippen molar-refractivity contribution in [3.05, 3.63) is 35.9 Å². The van der Waals surface area contributed by atoms with Crippen LogP contribution in [0.2, 0.25) is 0 Å². The lowest BCUT2D eigenvalue weighted by molar-refractivity contribution is -0.118. The fraction of sp³-hybridized carbons (Fsp3) is 0.500. The van der Waals surface area contributed by atoms with E-state index >= 15 is 0 Å². The highest BCUT2D eigenvalue weighted by molar-refractivity contribution is 5.80. The molecule has 1 aromatic rings. The highest BCUT2D eigenvalue weighted by Gasteiger charge is 2.00. The lowest BCUT2D eigenvalue weighted by atomic mass is 10.2. The number of likely N-dealkylation sites (N-methyl/N-ethyl adjacent to an activating group) is 1. The van der Waals surface area contributed by atoms with Crippen molar-refractivity contribution in [3.8, 4) is 0 Å². The smallest absolute Gasteiger partial charge is 0.146 e. The Bertz CT molecular complexity index is 311. The van der Waals surface area contributed by atoms with E-state index in [-0.39, 0.29) is 5.78 Å². The zero-order chi connectivity index (χ0) is 12.3. The maximum absolute atomic E-state index is 11.3. The largest absolute Gasteiger partial charge is 0.377 e. The van der Waals surface area contributed by atoms with Crippen LogP contribution in [0.3, 0.4) is 0 Å². The highest BCUT2D eigenvalue weighted by atomic mass is 16.5. The summed E-state index contributed by atoms with van der Waals surface area (Å²) in [6.45, 7) is 4.59. The van der Waals surface area contributed by atoms with Gasteiger partial charge in [0.15, 0.2) is 0 Å². The number of nitrogens with one attached hydrogen (secondary N) is 1. The normalized spacial score (nSPS) is 10.4. The summed E-state index contributed by atoms with van der Waals surface area (Å²) < 4.78 is 5.50. The van der Waals surface area contributed by atoms with Crippen LogP contribution in [-0.4, -0.2) is 25.5 Å². The van der Waals surface area contributed by atoms with E-state index in [1.54, 1.807) is 0 Å². The number of Topliss-reactive ketones (excluding diaryl/α,β-unsaturated/α-hetero) is 1. The Labute approximate surface area is 103 Å². The fourth-order valence-corrected chi connectivity index (χ4v) is 1.49. The summed E-state index contributed by atoms with van der Waals surface area (Å²) in [5.74, 6) is 0.259. The molecule has 3 heteroatoms. The molecule has 1 aromatic carbocycles. The third-order valence-corrected chi connectivity index (χ3v) is 2.43. The van der Waals surface area contributed by atoms with Crippen molar-refractivity contribution in [1.29, 1.82) is 0 Å². The van der Waals surface area contributed by atoms with Crippen LogP contribution in [0.15, 0.2) is 30.3 Å². The number of ether oxygens (including phenoxy) is 1. The van der Waals surface area contributed by atoms with Crippen molar-refractivity contribution in [2.75, 3.05) is 19.7 Å². The second-order valence-corrected chi connectivity index (χ2v) is 3.96. The Morgan fingerprint density at radius 1 is 1.29 bits per heavy atom. The lowest BCUT2D eigenvalue weighted by Gasteiger charge is -2.04. The van der Waals surface area contributed by atoms with Crippen LogP contribution in [0.4, 0.5) is 0 Å². The average Bonchev–Trinajstić information content (AvgIpc) is 2.37.